The van der Waals surface area contributed by atoms with Crippen molar-refractivity contribution in [3.8, 4) is 6.26 Å². The Bertz CT molecular complexity index is 37.8. The Hall–Kier alpha value is -0.780. The van der Waals surface area contributed by atoms with Crippen LogP contribution in [0.1, 0.15) is 0 Å². The van der Waals surface area contributed by atoms with Gasteiger partial charge in [-0.2, -0.15) is 0 Å². The molecular weight excluding hydrogens is 61.0 g/mol. The standard InChI is InChI=1S/CFNO/c2-4-1-3. The lowest BCUT2D eigenvalue weighted by Gasteiger charge is -1.50. The van der Waals surface area contributed by atoms with Gasteiger partial charge in [-0.05, 0) is 0 Å². The second kappa shape index (κ2) is 2.22. The summed E-state index contributed by atoms with van der Waals surface area (Å²) in [6.45, 7) is 0. The van der Waals surface area contributed by atoms with Gasteiger partial charge in [0.25, 0.3) is 0 Å². The fourth-order valence-corrected chi connectivity index (χ4v) is 0. The Labute approximate surface area is 22.3 Å². The molecule has 0 saturated heterocycles. The van der Waals surface area contributed by atoms with Gasteiger partial charge in [-0.1, -0.05) is 0 Å². The molecule has 0 aromatic carbocycles. The Morgan fingerprint density at radius 1 is 2.00 bits per heavy atom. The summed E-state index contributed by atoms with van der Waals surface area (Å²) < 4.78 is 9.86. The zero-order valence-electron chi connectivity index (χ0n) is 1.73. The minimum absolute atomic E-state index is 0.764. The molecule has 0 unspecified atom stereocenters. The number of rotatable bonds is 0. The van der Waals surface area contributed by atoms with Crippen LogP contribution in [-0.4, -0.2) is 0 Å². The van der Waals surface area contributed by atoms with E-state index in [1.807, 2.05) is 0 Å². The molecule has 0 amide bonds. The molecule has 0 aromatic heterocycles. The smallest absolute Gasteiger partial charge is 0.210 e. The molecule has 3 heteroatoms. The van der Waals surface area contributed by atoms with Gasteiger partial charge in [-0.25, -0.2) is 4.94 Å². The lowest BCUT2D eigenvalue weighted by atomic mass is 11.6. The SMILES string of the molecule is N#COF. The summed E-state index contributed by atoms with van der Waals surface area (Å²) in [7, 11) is 0. The summed E-state index contributed by atoms with van der Waals surface area (Å²) >= 11 is 0. The molecule has 0 atom stereocenters. The second-order valence-corrected chi connectivity index (χ2v) is 0.168. The van der Waals surface area contributed by atoms with Crippen LogP contribution >= 0.6 is 0 Å². The maximum absolute atomic E-state index is 9.86. The molecule has 0 bridgehead atoms. The molecule has 0 aromatic rings. The highest BCUT2D eigenvalue weighted by Crippen LogP contribution is 1.56. The van der Waals surface area contributed by atoms with E-state index in [2.05, 4.69) is 4.94 Å². The van der Waals surface area contributed by atoms with Crippen molar-refractivity contribution in [1.29, 1.82) is 5.26 Å². The van der Waals surface area contributed by atoms with Crippen LogP contribution in [0, 0.1) is 11.5 Å². The van der Waals surface area contributed by atoms with Gasteiger partial charge in [0.15, 0.2) is 0 Å². The van der Waals surface area contributed by atoms with Crippen molar-refractivity contribution in [2.45, 2.75) is 0 Å². The first-order chi connectivity index (χ1) is 1.91. The van der Waals surface area contributed by atoms with Crippen molar-refractivity contribution < 1.29 is 9.47 Å². The normalized spacial score (nSPS) is 4.00. The average molecular weight is 61.0 g/mol. The summed E-state index contributed by atoms with van der Waals surface area (Å²) in [4.78, 5) is 2.35. The van der Waals surface area contributed by atoms with Gasteiger partial charge < -0.3 is 0 Å². The minimum Gasteiger partial charge on any atom is -0.210 e. The molecular formula is CFNO. The Morgan fingerprint density at radius 2 is 2.25 bits per heavy atom. The van der Waals surface area contributed by atoms with Crippen molar-refractivity contribution >= 4 is 0 Å². The molecule has 2 nitrogen and oxygen atoms in total. The minimum atomic E-state index is 0.764. The predicted molar refractivity (Wildman–Crippen MR) is 7.81 cm³/mol. The molecule has 0 aliphatic carbocycles. The van der Waals surface area contributed by atoms with Crippen LogP contribution in [0.2, 0.25) is 0 Å². The van der Waals surface area contributed by atoms with E-state index in [9.17, 15) is 4.53 Å². The number of halogens is 1. The van der Waals surface area contributed by atoms with E-state index in [4.69, 9.17) is 5.26 Å². The molecule has 22 valence electrons. The molecule has 0 heterocycles. The largest absolute Gasteiger partial charge is 0.331 e. The van der Waals surface area contributed by atoms with Crippen molar-refractivity contribution in [3.05, 3.63) is 0 Å². The number of hydrogen-bond donors (Lipinski definition) is 0. The van der Waals surface area contributed by atoms with E-state index in [0.29, 0.717) is 0 Å². The number of nitrogens with zero attached hydrogens (tertiary/aromatic N) is 1. The Morgan fingerprint density at radius 3 is 2.25 bits per heavy atom. The molecule has 0 radical (unpaired) electrons. The second-order valence-electron chi connectivity index (χ2n) is 0.168. The van der Waals surface area contributed by atoms with Crippen molar-refractivity contribution in [2.24, 2.45) is 0 Å². The average Bonchev–Trinajstić information content (AvgIpc) is 1.37. The predicted octanol–water partition coefficient (Wildman–Crippen LogP) is 0.369. The van der Waals surface area contributed by atoms with Crippen LogP contribution in [0.4, 0.5) is 4.53 Å². The third kappa shape index (κ3) is 1.22. The van der Waals surface area contributed by atoms with Crippen LogP contribution in [0.25, 0.3) is 0 Å². The molecule has 0 fully saturated rings. The van der Waals surface area contributed by atoms with E-state index in [1.165, 1.54) is 0 Å². The van der Waals surface area contributed by atoms with Gasteiger partial charge in [0.05, 0.1) is 0 Å². The molecule has 0 N–H and O–H groups in total. The van der Waals surface area contributed by atoms with Gasteiger partial charge in [0.2, 0.25) is 0 Å². The number of nitriles is 1. The molecule has 4 heavy (non-hydrogen) atoms. The quantitative estimate of drug-likeness (QED) is 0.379. The first-order valence-corrected chi connectivity index (χ1v) is 0.582. The van der Waals surface area contributed by atoms with E-state index in [0.717, 1.165) is 6.26 Å². The zero-order chi connectivity index (χ0) is 3.41. The highest BCUT2D eigenvalue weighted by atomic mass is 19.3. The fraction of sp³-hybridized carbons (Fsp3) is 0. The van der Waals surface area contributed by atoms with Crippen LogP contribution in [0.15, 0.2) is 0 Å². The summed E-state index contributed by atoms with van der Waals surface area (Å²) in [6, 6.07) is 0. The lowest BCUT2D eigenvalue weighted by Crippen LogP contribution is -1.43. The Balaban J connectivity index is 2.43. The van der Waals surface area contributed by atoms with Crippen LogP contribution in [0.3, 0.4) is 0 Å². The fourth-order valence-electron chi connectivity index (χ4n) is 0. The van der Waals surface area contributed by atoms with Gasteiger partial charge in [0.1, 0.15) is 0 Å². The van der Waals surface area contributed by atoms with Gasteiger partial charge in [-0.15, -0.1) is 5.26 Å². The van der Waals surface area contributed by atoms with E-state index >= 15 is 0 Å². The summed E-state index contributed by atoms with van der Waals surface area (Å²) in [5.74, 6) is 0. The van der Waals surface area contributed by atoms with Gasteiger partial charge in [-0.3, -0.25) is 0 Å². The third-order valence-corrected chi connectivity index (χ3v) is 0.0345. The lowest BCUT2D eigenvalue weighted by molar-refractivity contribution is -0.0471. The monoisotopic (exact) mass is 61.0 g/mol. The van der Waals surface area contributed by atoms with Gasteiger partial charge in [0, 0.05) is 4.53 Å². The summed E-state index contributed by atoms with van der Waals surface area (Å²) in [6.07, 6.45) is 0.764. The number of hydrogen-bond acceptors (Lipinski definition) is 2. The highest BCUT2D eigenvalue weighted by molar-refractivity contribution is 4.35. The summed E-state index contributed by atoms with van der Waals surface area (Å²) in [5.41, 5.74) is 0. The van der Waals surface area contributed by atoms with Crippen molar-refractivity contribution in [3.63, 3.8) is 0 Å². The highest BCUT2D eigenvalue weighted by Gasteiger charge is 1.50. The molecule has 0 saturated carbocycles. The third-order valence-electron chi connectivity index (χ3n) is 0.0345. The van der Waals surface area contributed by atoms with Crippen LogP contribution < -0.4 is 0 Å². The van der Waals surface area contributed by atoms with Crippen LogP contribution in [-0.2, 0) is 4.94 Å². The molecule has 0 aliphatic heterocycles. The molecule has 0 spiro atoms. The van der Waals surface area contributed by atoms with Crippen LogP contribution in [0.5, 0.6) is 0 Å². The van der Waals surface area contributed by atoms with Crippen molar-refractivity contribution in [2.75, 3.05) is 0 Å². The maximum Gasteiger partial charge on any atom is 0.331 e. The summed E-state index contributed by atoms with van der Waals surface area (Å²) in [5, 5.41) is 7.03. The first kappa shape index (κ1) is 3.22. The zero-order valence-corrected chi connectivity index (χ0v) is 1.73. The van der Waals surface area contributed by atoms with Gasteiger partial charge >= 0.3 is 6.26 Å². The molecule has 0 aliphatic rings. The van der Waals surface area contributed by atoms with Crippen molar-refractivity contribution in [1.82, 2.24) is 0 Å². The van der Waals surface area contributed by atoms with E-state index < -0.39 is 0 Å². The van der Waals surface area contributed by atoms with E-state index in [-0.39, 0.29) is 0 Å². The van der Waals surface area contributed by atoms with E-state index in [1.54, 1.807) is 0 Å². The maximum atomic E-state index is 9.86. The topological polar surface area (TPSA) is 33.0 Å². The molecule has 0 rings (SSSR count). The Kier molecular flexibility index (Phi) is 1.79. The first-order valence-electron chi connectivity index (χ1n) is 0.582.